The van der Waals surface area contributed by atoms with Gasteiger partial charge in [0.1, 0.15) is 5.75 Å². The standard InChI is InChI=1S/C17H20FNO2/c1-12(19-2)14-5-8-17(16(18)11-14)21-15-6-3-13(4-7-15)9-10-20/h3-8,11-12,19-20H,9-10H2,1-2H3. The van der Waals surface area contributed by atoms with Crippen LogP contribution in [-0.4, -0.2) is 18.8 Å². The summed E-state index contributed by atoms with van der Waals surface area (Å²) in [6, 6.07) is 12.3. The molecule has 0 spiro atoms. The van der Waals surface area contributed by atoms with Crippen molar-refractivity contribution in [3.63, 3.8) is 0 Å². The van der Waals surface area contributed by atoms with Crippen LogP contribution in [0.1, 0.15) is 24.1 Å². The third-order valence-corrected chi connectivity index (χ3v) is 3.44. The summed E-state index contributed by atoms with van der Waals surface area (Å²) < 4.78 is 19.6. The summed E-state index contributed by atoms with van der Waals surface area (Å²) in [5, 5.41) is 11.9. The molecule has 0 aliphatic carbocycles. The Morgan fingerprint density at radius 1 is 1.19 bits per heavy atom. The normalized spacial score (nSPS) is 12.2. The monoisotopic (exact) mass is 289 g/mol. The van der Waals surface area contributed by atoms with Crippen molar-refractivity contribution in [3.8, 4) is 11.5 Å². The predicted octanol–water partition coefficient (Wildman–Crippen LogP) is 3.43. The quantitative estimate of drug-likeness (QED) is 0.856. The summed E-state index contributed by atoms with van der Waals surface area (Å²) in [5.74, 6) is 0.399. The third kappa shape index (κ3) is 4.03. The summed E-state index contributed by atoms with van der Waals surface area (Å²) in [7, 11) is 1.83. The van der Waals surface area contributed by atoms with Gasteiger partial charge in [0.25, 0.3) is 0 Å². The van der Waals surface area contributed by atoms with E-state index in [4.69, 9.17) is 9.84 Å². The van der Waals surface area contributed by atoms with Crippen molar-refractivity contribution in [2.45, 2.75) is 19.4 Å². The highest BCUT2D eigenvalue weighted by molar-refractivity contribution is 5.36. The van der Waals surface area contributed by atoms with Gasteiger partial charge in [0, 0.05) is 12.6 Å². The van der Waals surface area contributed by atoms with Crippen molar-refractivity contribution in [1.29, 1.82) is 0 Å². The van der Waals surface area contributed by atoms with Gasteiger partial charge in [-0.3, -0.25) is 0 Å². The van der Waals surface area contributed by atoms with Gasteiger partial charge in [-0.2, -0.15) is 0 Å². The van der Waals surface area contributed by atoms with Crippen molar-refractivity contribution in [3.05, 3.63) is 59.4 Å². The minimum Gasteiger partial charge on any atom is -0.454 e. The number of rotatable bonds is 6. The van der Waals surface area contributed by atoms with Crippen LogP contribution in [0, 0.1) is 5.82 Å². The number of ether oxygens (including phenoxy) is 1. The van der Waals surface area contributed by atoms with Gasteiger partial charge in [0.15, 0.2) is 11.6 Å². The lowest BCUT2D eigenvalue weighted by Crippen LogP contribution is -2.12. The average molecular weight is 289 g/mol. The van der Waals surface area contributed by atoms with Gasteiger partial charge in [-0.15, -0.1) is 0 Å². The molecule has 0 fully saturated rings. The molecule has 0 radical (unpaired) electrons. The molecule has 112 valence electrons. The molecule has 0 heterocycles. The first-order chi connectivity index (χ1) is 10.1. The summed E-state index contributed by atoms with van der Waals surface area (Å²) in [5.41, 5.74) is 1.89. The van der Waals surface area contributed by atoms with E-state index < -0.39 is 0 Å². The van der Waals surface area contributed by atoms with Crippen LogP contribution in [0.3, 0.4) is 0 Å². The molecule has 3 nitrogen and oxygen atoms in total. The molecule has 2 N–H and O–H groups in total. The maximum atomic E-state index is 14.0. The van der Waals surface area contributed by atoms with Gasteiger partial charge < -0.3 is 15.2 Å². The van der Waals surface area contributed by atoms with Crippen molar-refractivity contribution < 1.29 is 14.2 Å². The van der Waals surface area contributed by atoms with E-state index in [9.17, 15) is 4.39 Å². The van der Waals surface area contributed by atoms with Crippen LogP contribution < -0.4 is 10.1 Å². The van der Waals surface area contributed by atoms with Crippen LogP contribution in [0.4, 0.5) is 4.39 Å². The second-order valence-corrected chi connectivity index (χ2v) is 4.92. The van der Waals surface area contributed by atoms with Crippen LogP contribution in [-0.2, 0) is 6.42 Å². The highest BCUT2D eigenvalue weighted by atomic mass is 19.1. The van der Waals surface area contributed by atoms with Crippen LogP contribution >= 0.6 is 0 Å². The molecular formula is C17H20FNO2. The zero-order chi connectivity index (χ0) is 15.2. The van der Waals surface area contributed by atoms with Crippen LogP contribution in [0.15, 0.2) is 42.5 Å². The first-order valence-electron chi connectivity index (χ1n) is 6.98. The fraction of sp³-hybridized carbons (Fsp3) is 0.294. The average Bonchev–Trinajstić information content (AvgIpc) is 2.50. The minimum atomic E-state index is -0.381. The molecule has 4 heteroatoms. The Balaban J connectivity index is 2.12. The van der Waals surface area contributed by atoms with Crippen molar-refractivity contribution in [2.75, 3.05) is 13.7 Å². The smallest absolute Gasteiger partial charge is 0.166 e. The Morgan fingerprint density at radius 2 is 1.90 bits per heavy atom. The van der Waals surface area contributed by atoms with Crippen molar-refractivity contribution in [1.82, 2.24) is 5.32 Å². The van der Waals surface area contributed by atoms with Crippen LogP contribution in [0.5, 0.6) is 11.5 Å². The summed E-state index contributed by atoms with van der Waals surface area (Å²) in [4.78, 5) is 0. The van der Waals surface area contributed by atoms with E-state index in [1.165, 1.54) is 6.07 Å². The van der Waals surface area contributed by atoms with Crippen LogP contribution in [0.25, 0.3) is 0 Å². The van der Waals surface area contributed by atoms with Gasteiger partial charge in [-0.05, 0) is 55.8 Å². The molecule has 1 unspecified atom stereocenters. The van der Waals surface area contributed by atoms with Gasteiger partial charge in [0.05, 0.1) is 0 Å². The third-order valence-electron chi connectivity index (χ3n) is 3.44. The van der Waals surface area contributed by atoms with E-state index in [-0.39, 0.29) is 24.2 Å². The molecule has 0 saturated heterocycles. The van der Waals surface area contributed by atoms with Gasteiger partial charge in [0.2, 0.25) is 0 Å². The Morgan fingerprint density at radius 3 is 2.48 bits per heavy atom. The Kier molecular flexibility index (Phi) is 5.31. The highest BCUT2D eigenvalue weighted by Gasteiger charge is 2.09. The zero-order valence-electron chi connectivity index (χ0n) is 12.3. The second-order valence-electron chi connectivity index (χ2n) is 4.92. The number of aliphatic hydroxyl groups excluding tert-OH is 1. The number of halogens is 1. The summed E-state index contributed by atoms with van der Waals surface area (Å²) in [6.45, 7) is 2.08. The lowest BCUT2D eigenvalue weighted by atomic mass is 10.1. The molecule has 0 bridgehead atoms. The number of hydrogen-bond acceptors (Lipinski definition) is 3. The number of aliphatic hydroxyl groups is 1. The molecule has 2 aromatic carbocycles. The first-order valence-corrected chi connectivity index (χ1v) is 6.98. The largest absolute Gasteiger partial charge is 0.454 e. The molecule has 1 atom stereocenters. The second kappa shape index (κ2) is 7.20. The van der Waals surface area contributed by atoms with E-state index in [1.807, 2.05) is 32.2 Å². The Labute approximate surface area is 124 Å². The lowest BCUT2D eigenvalue weighted by Gasteiger charge is -2.13. The van der Waals surface area contributed by atoms with Gasteiger partial charge in [-0.25, -0.2) is 4.39 Å². The number of hydrogen-bond donors (Lipinski definition) is 2. The van der Waals surface area contributed by atoms with Gasteiger partial charge in [-0.1, -0.05) is 18.2 Å². The summed E-state index contributed by atoms with van der Waals surface area (Å²) >= 11 is 0. The highest BCUT2D eigenvalue weighted by Crippen LogP contribution is 2.27. The lowest BCUT2D eigenvalue weighted by molar-refractivity contribution is 0.299. The van der Waals surface area contributed by atoms with E-state index in [2.05, 4.69) is 5.32 Å². The molecule has 0 aliphatic heterocycles. The Bertz CT molecular complexity index is 584. The number of benzene rings is 2. The molecule has 2 aromatic rings. The summed E-state index contributed by atoms with van der Waals surface area (Å²) in [6.07, 6.45) is 0.602. The van der Waals surface area contributed by atoms with E-state index in [0.717, 1.165) is 11.1 Å². The van der Waals surface area contributed by atoms with Gasteiger partial charge >= 0.3 is 0 Å². The minimum absolute atomic E-state index is 0.0892. The van der Waals surface area contributed by atoms with Crippen LogP contribution in [0.2, 0.25) is 0 Å². The van der Waals surface area contributed by atoms with Crippen molar-refractivity contribution in [2.24, 2.45) is 0 Å². The Hall–Kier alpha value is -1.91. The maximum Gasteiger partial charge on any atom is 0.166 e. The fourth-order valence-corrected chi connectivity index (χ4v) is 2.02. The molecule has 0 saturated carbocycles. The fourth-order valence-electron chi connectivity index (χ4n) is 2.02. The van der Waals surface area contributed by atoms with Crippen molar-refractivity contribution >= 4 is 0 Å². The van der Waals surface area contributed by atoms with E-state index in [0.29, 0.717) is 12.2 Å². The number of nitrogens with one attached hydrogen (secondary N) is 1. The molecule has 0 aliphatic rings. The predicted molar refractivity (Wildman–Crippen MR) is 81.2 cm³/mol. The molecule has 2 rings (SSSR count). The molecule has 0 aromatic heterocycles. The molecule has 0 amide bonds. The molecular weight excluding hydrogens is 269 g/mol. The first kappa shape index (κ1) is 15.5. The zero-order valence-corrected chi connectivity index (χ0v) is 12.3. The van der Waals surface area contributed by atoms with E-state index in [1.54, 1.807) is 18.2 Å². The maximum absolute atomic E-state index is 14.0. The molecule has 21 heavy (non-hydrogen) atoms. The van der Waals surface area contributed by atoms with E-state index >= 15 is 0 Å². The SMILES string of the molecule is CNC(C)c1ccc(Oc2ccc(CCO)cc2)c(F)c1. The topological polar surface area (TPSA) is 41.5 Å².